The molecule has 2 aliphatic rings. The number of halogens is 1. The van der Waals surface area contributed by atoms with Crippen LogP contribution >= 0.6 is 0 Å². The highest BCUT2D eigenvalue weighted by atomic mass is 19.1. The molecule has 0 spiro atoms. The number of ether oxygens (including phenoxy) is 1. The van der Waals surface area contributed by atoms with Crippen LogP contribution in [0.4, 0.5) is 10.1 Å². The minimum absolute atomic E-state index is 0.0786. The number of anilines is 1. The average molecular weight is 337 g/mol. The molecule has 4 rings (SSSR count). The van der Waals surface area contributed by atoms with E-state index >= 15 is 0 Å². The van der Waals surface area contributed by atoms with Crippen LogP contribution in [0.5, 0.6) is 0 Å². The molecule has 0 saturated carbocycles. The lowest BCUT2D eigenvalue weighted by molar-refractivity contribution is 0.0598. The van der Waals surface area contributed by atoms with Crippen molar-refractivity contribution in [2.75, 3.05) is 12.4 Å². The summed E-state index contributed by atoms with van der Waals surface area (Å²) in [5.41, 5.74) is 4.20. The number of nitrogens with one attached hydrogen (secondary N) is 1. The second-order valence-electron chi connectivity index (χ2n) is 6.71. The first kappa shape index (κ1) is 15.9. The number of fused-ring (bicyclic) bond motifs is 3. The molecule has 0 radical (unpaired) electrons. The molecule has 2 aromatic carbocycles. The van der Waals surface area contributed by atoms with Gasteiger partial charge in [0, 0.05) is 17.2 Å². The summed E-state index contributed by atoms with van der Waals surface area (Å²) >= 11 is 0. The molecule has 0 unspecified atom stereocenters. The zero-order valence-electron chi connectivity index (χ0n) is 14.3. The fourth-order valence-electron chi connectivity index (χ4n) is 4.18. The molecule has 0 fully saturated rings. The number of hydrogen-bond donors (Lipinski definition) is 1. The van der Waals surface area contributed by atoms with Gasteiger partial charge in [0.25, 0.3) is 0 Å². The topological polar surface area (TPSA) is 38.3 Å². The average Bonchev–Trinajstić information content (AvgIpc) is 3.11. The van der Waals surface area contributed by atoms with Crippen molar-refractivity contribution in [1.29, 1.82) is 0 Å². The van der Waals surface area contributed by atoms with Gasteiger partial charge in [-0.25, -0.2) is 9.18 Å². The van der Waals surface area contributed by atoms with Gasteiger partial charge >= 0.3 is 5.97 Å². The van der Waals surface area contributed by atoms with Gasteiger partial charge in [-0.1, -0.05) is 36.4 Å². The molecule has 3 atom stereocenters. The summed E-state index contributed by atoms with van der Waals surface area (Å²) in [5.74, 6) is -0.276. The van der Waals surface area contributed by atoms with Gasteiger partial charge in [-0.05, 0) is 42.5 Å². The Hall–Kier alpha value is -2.62. The van der Waals surface area contributed by atoms with Crippen molar-refractivity contribution >= 4 is 11.7 Å². The Kier molecular flexibility index (Phi) is 3.83. The largest absolute Gasteiger partial charge is 0.465 e. The Balaban J connectivity index is 1.89. The van der Waals surface area contributed by atoms with Gasteiger partial charge in [0.15, 0.2) is 0 Å². The van der Waals surface area contributed by atoms with Crippen LogP contribution in [0.25, 0.3) is 0 Å². The molecule has 1 aliphatic heterocycles. The van der Waals surface area contributed by atoms with E-state index in [0.717, 1.165) is 23.2 Å². The third kappa shape index (κ3) is 2.44. The Morgan fingerprint density at radius 3 is 2.80 bits per heavy atom. The van der Waals surface area contributed by atoms with Crippen molar-refractivity contribution in [3.05, 3.63) is 76.6 Å². The molecule has 1 N–H and O–H groups in total. The van der Waals surface area contributed by atoms with Gasteiger partial charge in [0.1, 0.15) is 5.82 Å². The third-order valence-corrected chi connectivity index (χ3v) is 5.37. The van der Waals surface area contributed by atoms with Gasteiger partial charge in [0.2, 0.25) is 0 Å². The predicted molar refractivity (Wildman–Crippen MR) is 95.3 cm³/mol. The van der Waals surface area contributed by atoms with E-state index in [4.69, 9.17) is 4.74 Å². The van der Waals surface area contributed by atoms with Gasteiger partial charge in [0.05, 0.1) is 18.7 Å². The number of esters is 1. The molecule has 25 heavy (non-hydrogen) atoms. The van der Waals surface area contributed by atoms with Crippen molar-refractivity contribution < 1.29 is 13.9 Å². The zero-order chi connectivity index (χ0) is 17.6. The second-order valence-corrected chi connectivity index (χ2v) is 6.71. The fourth-order valence-corrected chi connectivity index (χ4v) is 4.18. The van der Waals surface area contributed by atoms with E-state index < -0.39 is 0 Å². The molecule has 2 aromatic rings. The quantitative estimate of drug-likeness (QED) is 0.635. The number of methoxy groups -OCH3 is 1. The van der Waals surface area contributed by atoms with Gasteiger partial charge in [-0.3, -0.25) is 0 Å². The van der Waals surface area contributed by atoms with E-state index in [0.29, 0.717) is 11.1 Å². The number of allylic oxidation sites excluding steroid dienone is 2. The first-order chi connectivity index (χ1) is 12.1. The number of hydrogen-bond acceptors (Lipinski definition) is 3. The number of carbonyl (C=O) groups excluding carboxylic acids is 1. The SMILES string of the molecule is COC(=O)c1ccc(C)c2c1[C@H]1C=CC[C@@H]1[C@H](c1ccccc1F)N2. The van der Waals surface area contributed by atoms with E-state index in [1.54, 1.807) is 6.07 Å². The summed E-state index contributed by atoms with van der Waals surface area (Å²) in [6.45, 7) is 2.00. The molecule has 4 heteroatoms. The third-order valence-electron chi connectivity index (χ3n) is 5.37. The Bertz CT molecular complexity index is 874. The van der Waals surface area contributed by atoms with Crippen molar-refractivity contribution in [1.82, 2.24) is 0 Å². The molecule has 3 nitrogen and oxygen atoms in total. The van der Waals surface area contributed by atoms with Crippen molar-refractivity contribution in [2.45, 2.75) is 25.3 Å². The first-order valence-corrected chi connectivity index (χ1v) is 8.51. The number of carbonyl (C=O) groups is 1. The molecule has 1 heterocycles. The van der Waals surface area contributed by atoms with Gasteiger partial charge < -0.3 is 10.1 Å². The predicted octanol–water partition coefficient (Wildman–Crippen LogP) is 4.75. The second kappa shape index (κ2) is 6.03. The molecule has 1 aliphatic carbocycles. The van der Waals surface area contributed by atoms with Crippen LogP contribution in [0, 0.1) is 18.7 Å². The highest BCUT2D eigenvalue weighted by Crippen LogP contribution is 2.52. The maximum Gasteiger partial charge on any atom is 0.338 e. The zero-order valence-corrected chi connectivity index (χ0v) is 14.3. The number of benzene rings is 2. The Morgan fingerprint density at radius 1 is 1.24 bits per heavy atom. The lowest BCUT2D eigenvalue weighted by Gasteiger charge is -2.39. The summed E-state index contributed by atoms with van der Waals surface area (Å²) < 4.78 is 19.4. The van der Waals surface area contributed by atoms with Gasteiger partial charge in [-0.2, -0.15) is 0 Å². The van der Waals surface area contributed by atoms with Crippen LogP contribution in [0.2, 0.25) is 0 Å². The molecule has 0 saturated heterocycles. The molecular formula is C21H20FNO2. The molecule has 0 aromatic heterocycles. The summed E-state index contributed by atoms with van der Waals surface area (Å²) in [4.78, 5) is 12.3. The fraction of sp³-hybridized carbons (Fsp3) is 0.286. The van der Waals surface area contributed by atoms with Crippen LogP contribution < -0.4 is 5.32 Å². The summed E-state index contributed by atoms with van der Waals surface area (Å²) in [7, 11) is 1.40. The molecule has 0 bridgehead atoms. The normalized spacial score (nSPS) is 23.6. The van der Waals surface area contributed by atoms with Crippen molar-refractivity contribution in [3.8, 4) is 0 Å². The minimum atomic E-state index is -0.332. The van der Waals surface area contributed by atoms with Crippen LogP contribution in [-0.4, -0.2) is 13.1 Å². The van der Waals surface area contributed by atoms with Crippen LogP contribution in [0.3, 0.4) is 0 Å². The maximum absolute atomic E-state index is 14.4. The molecule has 128 valence electrons. The minimum Gasteiger partial charge on any atom is -0.465 e. The maximum atomic E-state index is 14.4. The number of rotatable bonds is 2. The monoisotopic (exact) mass is 337 g/mol. The van der Waals surface area contributed by atoms with E-state index in [2.05, 4.69) is 17.5 Å². The summed E-state index contributed by atoms with van der Waals surface area (Å²) in [5, 5.41) is 3.53. The van der Waals surface area contributed by atoms with Crippen LogP contribution in [0.15, 0.2) is 48.6 Å². The van der Waals surface area contributed by atoms with Crippen LogP contribution in [0.1, 0.15) is 45.4 Å². The van der Waals surface area contributed by atoms with Crippen molar-refractivity contribution in [2.24, 2.45) is 5.92 Å². The Morgan fingerprint density at radius 2 is 2.04 bits per heavy atom. The first-order valence-electron chi connectivity index (χ1n) is 8.51. The molecule has 0 amide bonds. The van der Waals surface area contributed by atoms with Crippen LogP contribution in [-0.2, 0) is 4.74 Å². The Labute approximate surface area is 146 Å². The summed E-state index contributed by atoms with van der Waals surface area (Å²) in [6, 6.07) is 10.5. The standard InChI is InChI=1S/C21H20FNO2/c1-12-10-11-16(21(24)25-2)18-13-7-5-8-14(13)20(23-19(12)18)15-6-3-4-9-17(15)22/h3-7,9-11,13-14,20,23H,8H2,1-2H3/t13-,14-,20+/m0/s1. The van der Waals surface area contributed by atoms with Crippen molar-refractivity contribution in [3.63, 3.8) is 0 Å². The molecular weight excluding hydrogens is 317 g/mol. The van der Waals surface area contributed by atoms with E-state index in [-0.39, 0.29) is 29.7 Å². The van der Waals surface area contributed by atoms with Gasteiger partial charge in [-0.15, -0.1) is 0 Å². The van der Waals surface area contributed by atoms with E-state index in [1.165, 1.54) is 13.2 Å². The lowest BCUT2D eigenvalue weighted by atomic mass is 9.74. The smallest absolute Gasteiger partial charge is 0.338 e. The lowest BCUT2D eigenvalue weighted by Crippen LogP contribution is -2.31. The number of aryl methyl sites for hydroxylation is 1. The summed E-state index contributed by atoms with van der Waals surface area (Å²) in [6.07, 6.45) is 5.12. The highest BCUT2D eigenvalue weighted by molar-refractivity contribution is 5.94. The van der Waals surface area contributed by atoms with E-state index in [9.17, 15) is 9.18 Å². The van der Waals surface area contributed by atoms with E-state index in [1.807, 2.05) is 31.2 Å². The highest BCUT2D eigenvalue weighted by Gasteiger charge is 2.41.